The number of carbonyl (C=O) groups excluding carboxylic acids is 1. The average molecular weight is 256 g/mol. The fourth-order valence-corrected chi connectivity index (χ4v) is 1.80. The third-order valence-corrected chi connectivity index (χ3v) is 3.01. The van der Waals surface area contributed by atoms with E-state index in [9.17, 15) is 13.6 Å². The summed E-state index contributed by atoms with van der Waals surface area (Å²) >= 11 is 0. The number of ether oxygens (including phenoxy) is 1. The van der Waals surface area contributed by atoms with Gasteiger partial charge in [0.1, 0.15) is 5.75 Å². The molecule has 1 aromatic carbocycles. The summed E-state index contributed by atoms with van der Waals surface area (Å²) in [6.45, 7) is 1.21. The summed E-state index contributed by atoms with van der Waals surface area (Å²) < 4.78 is 28.4. The number of rotatable bonds is 7. The number of benzene rings is 1. The van der Waals surface area contributed by atoms with Gasteiger partial charge in [0.15, 0.2) is 5.78 Å². The number of Topliss-reactive ketones (excluding diaryl/α,β-unsaturated/α-hetero) is 1. The Morgan fingerprint density at radius 3 is 2.50 bits per heavy atom. The van der Waals surface area contributed by atoms with E-state index in [1.807, 2.05) is 13.8 Å². The third kappa shape index (κ3) is 4.43. The molecule has 0 radical (unpaired) electrons. The van der Waals surface area contributed by atoms with Crippen LogP contribution in [0, 0.1) is 5.92 Å². The topological polar surface area (TPSA) is 26.3 Å². The highest BCUT2D eigenvalue weighted by molar-refractivity contribution is 5.96. The molecule has 0 bridgehead atoms. The minimum Gasteiger partial charge on any atom is -0.435 e. The van der Waals surface area contributed by atoms with Crippen molar-refractivity contribution in [3.8, 4) is 5.75 Å². The summed E-state index contributed by atoms with van der Waals surface area (Å²) in [6, 6.07) is 5.97. The number of alkyl halides is 2. The zero-order valence-electron chi connectivity index (χ0n) is 10.7. The van der Waals surface area contributed by atoms with Crippen LogP contribution >= 0.6 is 0 Å². The monoisotopic (exact) mass is 256 g/mol. The van der Waals surface area contributed by atoms with E-state index in [1.54, 1.807) is 12.1 Å². The van der Waals surface area contributed by atoms with Crippen LogP contribution in [0.1, 0.15) is 43.5 Å². The van der Waals surface area contributed by atoms with Crippen LogP contribution in [0.15, 0.2) is 24.3 Å². The normalized spacial score (nSPS) is 11.0. The van der Waals surface area contributed by atoms with Crippen LogP contribution in [-0.4, -0.2) is 12.4 Å². The number of carbonyl (C=O) groups is 1. The molecule has 0 aliphatic carbocycles. The molecule has 0 saturated carbocycles. The predicted molar refractivity (Wildman–Crippen MR) is 66.1 cm³/mol. The standard InChI is InChI=1S/C14H18F2O2/c1-3-10(4-2)8-13(17)11-6-5-7-12(9-11)18-14(15)16/h5-7,9-10,14H,3-4,8H2,1-2H3. The first-order chi connectivity index (χ1) is 8.56. The van der Waals surface area contributed by atoms with Crippen molar-refractivity contribution in [3.63, 3.8) is 0 Å². The SMILES string of the molecule is CCC(CC)CC(=O)c1cccc(OC(F)F)c1. The van der Waals surface area contributed by atoms with Gasteiger partial charge in [0.2, 0.25) is 0 Å². The molecule has 0 aromatic heterocycles. The van der Waals surface area contributed by atoms with Crippen LogP contribution in [0.5, 0.6) is 5.75 Å². The number of hydrogen-bond donors (Lipinski definition) is 0. The van der Waals surface area contributed by atoms with Crippen LogP contribution in [0.3, 0.4) is 0 Å². The van der Waals surface area contributed by atoms with E-state index in [2.05, 4.69) is 4.74 Å². The number of halogens is 2. The smallest absolute Gasteiger partial charge is 0.387 e. The van der Waals surface area contributed by atoms with Crippen molar-refractivity contribution in [2.24, 2.45) is 5.92 Å². The van der Waals surface area contributed by atoms with Crippen LogP contribution in [0.4, 0.5) is 8.78 Å². The van der Waals surface area contributed by atoms with E-state index in [-0.39, 0.29) is 11.5 Å². The lowest BCUT2D eigenvalue weighted by Crippen LogP contribution is -2.08. The summed E-state index contributed by atoms with van der Waals surface area (Å²) in [5.74, 6) is 0.348. The van der Waals surface area contributed by atoms with Crippen LogP contribution in [0.25, 0.3) is 0 Å². The molecule has 18 heavy (non-hydrogen) atoms. The van der Waals surface area contributed by atoms with Crippen molar-refractivity contribution >= 4 is 5.78 Å². The summed E-state index contributed by atoms with van der Waals surface area (Å²) in [7, 11) is 0. The first-order valence-electron chi connectivity index (χ1n) is 6.14. The molecule has 0 spiro atoms. The Balaban J connectivity index is 2.73. The highest BCUT2D eigenvalue weighted by atomic mass is 19.3. The molecule has 4 heteroatoms. The maximum absolute atomic E-state index is 12.1. The second kappa shape index (κ2) is 7.09. The molecule has 2 nitrogen and oxygen atoms in total. The molecule has 0 aliphatic rings. The molecule has 0 fully saturated rings. The molecule has 0 N–H and O–H groups in total. The fraction of sp³-hybridized carbons (Fsp3) is 0.500. The van der Waals surface area contributed by atoms with Gasteiger partial charge in [-0.2, -0.15) is 8.78 Å². The minimum absolute atomic E-state index is 0.0246. The van der Waals surface area contributed by atoms with Gasteiger partial charge in [0, 0.05) is 12.0 Å². The van der Waals surface area contributed by atoms with Gasteiger partial charge in [-0.3, -0.25) is 4.79 Å². The molecule has 0 heterocycles. The van der Waals surface area contributed by atoms with Gasteiger partial charge in [0.25, 0.3) is 0 Å². The van der Waals surface area contributed by atoms with Gasteiger partial charge in [-0.15, -0.1) is 0 Å². The average Bonchev–Trinajstić information content (AvgIpc) is 2.35. The number of hydrogen-bond acceptors (Lipinski definition) is 2. The third-order valence-electron chi connectivity index (χ3n) is 3.01. The van der Waals surface area contributed by atoms with E-state index in [0.29, 0.717) is 17.9 Å². The zero-order chi connectivity index (χ0) is 13.5. The molecular formula is C14H18F2O2. The van der Waals surface area contributed by atoms with E-state index < -0.39 is 6.61 Å². The van der Waals surface area contributed by atoms with Crippen molar-refractivity contribution in [1.29, 1.82) is 0 Å². The van der Waals surface area contributed by atoms with Gasteiger partial charge in [-0.05, 0) is 18.1 Å². The Hall–Kier alpha value is -1.45. The number of ketones is 1. The van der Waals surface area contributed by atoms with Crippen molar-refractivity contribution in [3.05, 3.63) is 29.8 Å². The Kier molecular flexibility index (Phi) is 5.75. The quantitative estimate of drug-likeness (QED) is 0.680. The minimum atomic E-state index is -2.87. The Labute approximate surface area is 106 Å². The Morgan fingerprint density at radius 2 is 1.94 bits per heavy atom. The van der Waals surface area contributed by atoms with Crippen molar-refractivity contribution in [1.82, 2.24) is 0 Å². The summed E-state index contributed by atoms with van der Waals surface area (Å²) in [5.41, 5.74) is 0.431. The highest BCUT2D eigenvalue weighted by Crippen LogP contribution is 2.20. The van der Waals surface area contributed by atoms with Crippen molar-refractivity contribution in [2.45, 2.75) is 39.7 Å². The lowest BCUT2D eigenvalue weighted by atomic mass is 9.94. The first-order valence-corrected chi connectivity index (χ1v) is 6.14. The summed E-state index contributed by atoms with van der Waals surface area (Å²) in [6.07, 6.45) is 2.33. The fourth-order valence-electron chi connectivity index (χ4n) is 1.80. The van der Waals surface area contributed by atoms with Crippen molar-refractivity contribution in [2.75, 3.05) is 0 Å². The van der Waals surface area contributed by atoms with E-state index in [1.165, 1.54) is 12.1 Å². The maximum Gasteiger partial charge on any atom is 0.387 e. The molecule has 0 saturated heterocycles. The predicted octanol–water partition coefficient (Wildman–Crippen LogP) is 4.30. The second-order valence-corrected chi connectivity index (χ2v) is 4.22. The first kappa shape index (κ1) is 14.6. The Morgan fingerprint density at radius 1 is 1.28 bits per heavy atom. The molecule has 1 rings (SSSR count). The van der Waals surface area contributed by atoms with Gasteiger partial charge < -0.3 is 4.74 Å². The Bertz CT molecular complexity index is 387. The highest BCUT2D eigenvalue weighted by Gasteiger charge is 2.13. The largest absolute Gasteiger partial charge is 0.435 e. The second-order valence-electron chi connectivity index (χ2n) is 4.22. The molecule has 1 aromatic rings. The van der Waals surface area contributed by atoms with Crippen molar-refractivity contribution < 1.29 is 18.3 Å². The van der Waals surface area contributed by atoms with E-state index in [0.717, 1.165) is 12.8 Å². The van der Waals surface area contributed by atoms with Gasteiger partial charge in [-0.25, -0.2) is 0 Å². The van der Waals surface area contributed by atoms with Crippen LogP contribution in [-0.2, 0) is 0 Å². The van der Waals surface area contributed by atoms with Crippen LogP contribution in [0.2, 0.25) is 0 Å². The summed E-state index contributed by atoms with van der Waals surface area (Å²) in [4.78, 5) is 12.0. The lowest BCUT2D eigenvalue weighted by molar-refractivity contribution is -0.0498. The van der Waals surface area contributed by atoms with Gasteiger partial charge in [-0.1, -0.05) is 38.8 Å². The lowest BCUT2D eigenvalue weighted by Gasteiger charge is -2.11. The van der Waals surface area contributed by atoms with Crippen LogP contribution < -0.4 is 4.74 Å². The van der Waals surface area contributed by atoms with Gasteiger partial charge in [0.05, 0.1) is 0 Å². The molecular weight excluding hydrogens is 238 g/mol. The summed E-state index contributed by atoms with van der Waals surface area (Å²) in [5, 5.41) is 0. The van der Waals surface area contributed by atoms with E-state index >= 15 is 0 Å². The maximum atomic E-state index is 12.1. The molecule has 100 valence electrons. The van der Waals surface area contributed by atoms with E-state index in [4.69, 9.17) is 0 Å². The zero-order valence-corrected chi connectivity index (χ0v) is 10.7. The molecule has 0 atom stereocenters. The van der Waals surface area contributed by atoms with Gasteiger partial charge >= 0.3 is 6.61 Å². The molecule has 0 unspecified atom stereocenters. The molecule has 0 amide bonds. The molecule has 0 aliphatic heterocycles.